The van der Waals surface area contributed by atoms with E-state index in [0.717, 1.165) is 41.5 Å². The fraction of sp³-hybridized carbons (Fsp3) is 0.500. The standard InChI is InChI=1S/C28H38N2O2/c1-3-5-6-7-8-9-10-11-12-13-23-20-29-28(30-21-23)24-14-16-26(17-15-24)31-22-27-19-18-25(4-2)32-27/h14-21H,3-13,22H2,1-2H3. The summed E-state index contributed by atoms with van der Waals surface area (Å²) in [5.41, 5.74) is 2.22. The zero-order valence-corrected chi connectivity index (χ0v) is 19.8. The van der Waals surface area contributed by atoms with Crippen LogP contribution in [0.2, 0.25) is 0 Å². The molecule has 1 aromatic carbocycles. The molecule has 0 N–H and O–H groups in total. The Morgan fingerprint density at radius 3 is 1.97 bits per heavy atom. The van der Waals surface area contributed by atoms with E-state index in [0.29, 0.717) is 6.61 Å². The van der Waals surface area contributed by atoms with E-state index < -0.39 is 0 Å². The zero-order chi connectivity index (χ0) is 22.4. The molecule has 4 nitrogen and oxygen atoms in total. The number of benzene rings is 1. The molecule has 0 fully saturated rings. The van der Waals surface area contributed by atoms with Gasteiger partial charge in [0.1, 0.15) is 23.9 Å². The molecule has 172 valence electrons. The van der Waals surface area contributed by atoms with Gasteiger partial charge in [0.05, 0.1) is 0 Å². The van der Waals surface area contributed by atoms with Gasteiger partial charge >= 0.3 is 0 Å². The van der Waals surface area contributed by atoms with Gasteiger partial charge in [-0.15, -0.1) is 0 Å². The third-order valence-electron chi connectivity index (χ3n) is 5.83. The molecule has 0 unspecified atom stereocenters. The minimum absolute atomic E-state index is 0.434. The first-order valence-electron chi connectivity index (χ1n) is 12.4. The fourth-order valence-electron chi connectivity index (χ4n) is 3.82. The van der Waals surface area contributed by atoms with Crippen LogP contribution >= 0.6 is 0 Å². The van der Waals surface area contributed by atoms with Gasteiger partial charge < -0.3 is 9.15 Å². The van der Waals surface area contributed by atoms with E-state index in [-0.39, 0.29) is 0 Å². The second kappa shape index (κ2) is 13.7. The molecule has 0 atom stereocenters. The SMILES string of the molecule is CCCCCCCCCCCc1cnc(-c2ccc(OCc3ccc(CC)o3)cc2)nc1. The van der Waals surface area contributed by atoms with Crippen LogP contribution in [-0.4, -0.2) is 9.97 Å². The van der Waals surface area contributed by atoms with E-state index in [1.807, 2.05) is 48.8 Å². The Morgan fingerprint density at radius 1 is 0.719 bits per heavy atom. The molecule has 0 radical (unpaired) electrons. The van der Waals surface area contributed by atoms with E-state index in [1.165, 1.54) is 63.4 Å². The number of nitrogens with zero attached hydrogens (tertiary/aromatic N) is 2. The molecule has 0 amide bonds. The number of hydrogen-bond acceptors (Lipinski definition) is 4. The van der Waals surface area contributed by atoms with Gasteiger partial charge in [0, 0.05) is 24.4 Å². The van der Waals surface area contributed by atoms with Crippen molar-refractivity contribution in [2.75, 3.05) is 0 Å². The Morgan fingerprint density at radius 2 is 1.34 bits per heavy atom. The van der Waals surface area contributed by atoms with Gasteiger partial charge in [0.2, 0.25) is 0 Å². The zero-order valence-electron chi connectivity index (χ0n) is 19.8. The third kappa shape index (κ3) is 8.14. The van der Waals surface area contributed by atoms with Crippen LogP contribution in [0.15, 0.2) is 53.2 Å². The number of furan rings is 1. The average Bonchev–Trinajstić information content (AvgIpc) is 3.31. The molecular weight excluding hydrogens is 396 g/mol. The summed E-state index contributed by atoms with van der Waals surface area (Å²) in [6, 6.07) is 11.9. The Kier molecular flexibility index (Phi) is 10.3. The number of ether oxygens (including phenoxy) is 1. The largest absolute Gasteiger partial charge is 0.486 e. The third-order valence-corrected chi connectivity index (χ3v) is 5.83. The van der Waals surface area contributed by atoms with Crippen molar-refractivity contribution < 1.29 is 9.15 Å². The topological polar surface area (TPSA) is 48.2 Å². The predicted molar refractivity (Wildman–Crippen MR) is 131 cm³/mol. The first-order valence-corrected chi connectivity index (χ1v) is 12.4. The highest BCUT2D eigenvalue weighted by molar-refractivity contribution is 5.55. The molecule has 3 rings (SSSR count). The highest BCUT2D eigenvalue weighted by atomic mass is 16.5. The maximum Gasteiger partial charge on any atom is 0.159 e. The summed E-state index contributed by atoms with van der Waals surface area (Å²) in [7, 11) is 0. The monoisotopic (exact) mass is 434 g/mol. The number of rotatable bonds is 15. The van der Waals surface area contributed by atoms with Crippen LogP contribution in [0.4, 0.5) is 0 Å². The van der Waals surface area contributed by atoms with Crippen LogP contribution in [0.25, 0.3) is 11.4 Å². The van der Waals surface area contributed by atoms with Crippen molar-refractivity contribution in [3.63, 3.8) is 0 Å². The van der Waals surface area contributed by atoms with Crippen LogP contribution in [0.5, 0.6) is 5.75 Å². The van der Waals surface area contributed by atoms with Crippen LogP contribution in [0, 0.1) is 0 Å². The molecule has 0 aliphatic rings. The summed E-state index contributed by atoms with van der Waals surface area (Å²) in [5.74, 6) is 3.39. The van der Waals surface area contributed by atoms with Gasteiger partial charge in [-0.05, 0) is 54.8 Å². The van der Waals surface area contributed by atoms with Gasteiger partial charge in [0.15, 0.2) is 5.82 Å². The molecule has 0 bridgehead atoms. The van der Waals surface area contributed by atoms with Crippen molar-refractivity contribution in [2.45, 2.75) is 91.1 Å². The predicted octanol–water partition coefficient (Wildman–Crippen LogP) is 7.95. The van der Waals surface area contributed by atoms with E-state index in [1.54, 1.807) is 0 Å². The molecule has 2 heterocycles. The van der Waals surface area contributed by atoms with Crippen molar-refractivity contribution in [3.05, 3.63) is 65.9 Å². The van der Waals surface area contributed by atoms with Gasteiger partial charge in [-0.1, -0.05) is 65.2 Å². The minimum atomic E-state index is 0.434. The van der Waals surface area contributed by atoms with Crippen LogP contribution in [0.1, 0.15) is 88.7 Å². The van der Waals surface area contributed by atoms with Crippen LogP contribution in [-0.2, 0) is 19.4 Å². The first kappa shape index (κ1) is 24.0. The Bertz CT molecular complexity index is 885. The lowest BCUT2D eigenvalue weighted by Crippen LogP contribution is -1.95. The molecular formula is C28H38N2O2. The Balaban J connectivity index is 1.36. The highest BCUT2D eigenvalue weighted by Crippen LogP contribution is 2.21. The highest BCUT2D eigenvalue weighted by Gasteiger charge is 2.05. The summed E-state index contributed by atoms with van der Waals surface area (Å²) in [5, 5.41) is 0. The first-order chi connectivity index (χ1) is 15.8. The number of hydrogen-bond donors (Lipinski definition) is 0. The van der Waals surface area contributed by atoms with Gasteiger partial charge in [0.25, 0.3) is 0 Å². The molecule has 32 heavy (non-hydrogen) atoms. The lowest BCUT2D eigenvalue weighted by molar-refractivity contribution is 0.266. The molecule has 0 saturated heterocycles. The molecule has 2 aromatic heterocycles. The van der Waals surface area contributed by atoms with Gasteiger partial charge in [-0.3, -0.25) is 0 Å². The van der Waals surface area contributed by atoms with Crippen molar-refractivity contribution >= 4 is 0 Å². The average molecular weight is 435 g/mol. The number of aromatic nitrogens is 2. The second-order valence-corrected chi connectivity index (χ2v) is 8.53. The maximum absolute atomic E-state index is 5.82. The minimum Gasteiger partial charge on any atom is -0.486 e. The van der Waals surface area contributed by atoms with Crippen LogP contribution < -0.4 is 4.74 Å². The smallest absolute Gasteiger partial charge is 0.159 e. The fourth-order valence-corrected chi connectivity index (χ4v) is 3.82. The summed E-state index contributed by atoms with van der Waals surface area (Å²) in [6.45, 7) is 4.78. The van der Waals surface area contributed by atoms with E-state index in [9.17, 15) is 0 Å². The summed E-state index contributed by atoms with van der Waals surface area (Å²) in [4.78, 5) is 9.15. The Labute approximate surface area is 193 Å². The molecule has 3 aromatic rings. The second-order valence-electron chi connectivity index (χ2n) is 8.53. The summed E-state index contributed by atoms with van der Waals surface area (Å²) in [6.07, 6.45) is 18.1. The lowest BCUT2D eigenvalue weighted by Gasteiger charge is -2.06. The molecule has 0 aliphatic heterocycles. The van der Waals surface area contributed by atoms with Crippen molar-refractivity contribution in [2.24, 2.45) is 0 Å². The molecule has 4 heteroatoms. The van der Waals surface area contributed by atoms with Crippen molar-refractivity contribution in [1.29, 1.82) is 0 Å². The number of aryl methyl sites for hydroxylation is 2. The molecule has 0 saturated carbocycles. The van der Waals surface area contributed by atoms with Gasteiger partial charge in [-0.2, -0.15) is 0 Å². The van der Waals surface area contributed by atoms with Crippen LogP contribution in [0.3, 0.4) is 0 Å². The lowest BCUT2D eigenvalue weighted by atomic mass is 10.1. The van der Waals surface area contributed by atoms with Crippen molar-refractivity contribution in [3.8, 4) is 17.1 Å². The van der Waals surface area contributed by atoms with E-state index in [4.69, 9.17) is 9.15 Å². The summed E-state index contributed by atoms with van der Waals surface area (Å²) < 4.78 is 11.5. The van der Waals surface area contributed by atoms with E-state index in [2.05, 4.69) is 23.8 Å². The molecule has 0 spiro atoms. The van der Waals surface area contributed by atoms with Gasteiger partial charge in [-0.25, -0.2) is 9.97 Å². The Hall–Kier alpha value is -2.62. The summed E-state index contributed by atoms with van der Waals surface area (Å²) >= 11 is 0. The molecule has 0 aliphatic carbocycles. The maximum atomic E-state index is 5.82. The van der Waals surface area contributed by atoms with E-state index >= 15 is 0 Å². The number of unbranched alkanes of at least 4 members (excludes halogenated alkanes) is 8. The quantitative estimate of drug-likeness (QED) is 0.228. The van der Waals surface area contributed by atoms with Crippen molar-refractivity contribution in [1.82, 2.24) is 9.97 Å². The normalized spacial score (nSPS) is 11.1.